The standard InChI is InChI=1S/C20H26N2O/c1-14-11-12-15(2)19-16(14)8-7-9-17(19)20(3,23)22-18-10-5-4-6-13-21-18/h7-9,11-12,23H,4-6,10,13H2,1-3H3,(H,21,22). The Kier molecular flexibility index (Phi) is 4.40. The monoisotopic (exact) mass is 310 g/mol. The Morgan fingerprint density at radius 3 is 2.65 bits per heavy atom. The zero-order valence-electron chi connectivity index (χ0n) is 14.3. The van der Waals surface area contributed by atoms with Gasteiger partial charge in [0.25, 0.3) is 0 Å². The fourth-order valence-electron chi connectivity index (χ4n) is 3.46. The molecule has 0 radical (unpaired) electrons. The van der Waals surface area contributed by atoms with Gasteiger partial charge in [-0.3, -0.25) is 4.99 Å². The molecule has 0 spiro atoms. The maximum Gasteiger partial charge on any atom is 0.160 e. The second-order valence-electron chi connectivity index (χ2n) is 6.76. The largest absolute Gasteiger partial charge is 0.367 e. The lowest BCUT2D eigenvalue weighted by molar-refractivity contribution is 0.0419. The summed E-state index contributed by atoms with van der Waals surface area (Å²) in [5, 5.41) is 16.8. The molecule has 0 aromatic heterocycles. The zero-order valence-corrected chi connectivity index (χ0v) is 14.3. The van der Waals surface area contributed by atoms with Gasteiger partial charge in [-0.25, -0.2) is 0 Å². The Morgan fingerprint density at radius 1 is 1.04 bits per heavy atom. The van der Waals surface area contributed by atoms with Crippen LogP contribution in [0.4, 0.5) is 0 Å². The molecule has 1 aliphatic heterocycles. The smallest absolute Gasteiger partial charge is 0.160 e. The molecule has 0 saturated heterocycles. The number of nitrogens with one attached hydrogen (secondary N) is 1. The summed E-state index contributed by atoms with van der Waals surface area (Å²) in [5.41, 5.74) is 2.21. The Morgan fingerprint density at radius 2 is 1.83 bits per heavy atom. The van der Waals surface area contributed by atoms with E-state index in [0.717, 1.165) is 42.6 Å². The first-order valence-corrected chi connectivity index (χ1v) is 8.52. The number of aryl methyl sites for hydroxylation is 2. The van der Waals surface area contributed by atoms with Crippen LogP contribution in [0.25, 0.3) is 10.8 Å². The van der Waals surface area contributed by atoms with Crippen LogP contribution in [0, 0.1) is 13.8 Å². The molecule has 1 atom stereocenters. The maximum absolute atomic E-state index is 11.2. The minimum atomic E-state index is -1.12. The molecule has 0 amide bonds. The number of hydrogen-bond acceptors (Lipinski definition) is 3. The second kappa shape index (κ2) is 6.32. The lowest BCUT2D eigenvalue weighted by atomic mass is 9.91. The minimum absolute atomic E-state index is 0.853. The van der Waals surface area contributed by atoms with Crippen LogP contribution in [-0.4, -0.2) is 17.5 Å². The molecule has 0 aliphatic carbocycles. The summed E-state index contributed by atoms with van der Waals surface area (Å²) in [6.45, 7) is 6.90. The first-order valence-electron chi connectivity index (χ1n) is 8.52. The van der Waals surface area contributed by atoms with Crippen molar-refractivity contribution >= 4 is 16.6 Å². The molecule has 3 nitrogen and oxygen atoms in total. The number of nitrogens with zero attached hydrogens (tertiary/aromatic N) is 1. The number of fused-ring (bicyclic) bond motifs is 1. The van der Waals surface area contributed by atoms with E-state index >= 15 is 0 Å². The number of benzene rings is 2. The quantitative estimate of drug-likeness (QED) is 0.817. The number of rotatable bonds is 2. The molecule has 3 heteroatoms. The highest BCUT2D eigenvalue weighted by molar-refractivity contribution is 5.92. The molecule has 122 valence electrons. The first-order chi connectivity index (χ1) is 11.0. The van der Waals surface area contributed by atoms with Gasteiger partial charge in [-0.15, -0.1) is 0 Å². The summed E-state index contributed by atoms with van der Waals surface area (Å²) in [6, 6.07) is 10.4. The molecular weight excluding hydrogens is 284 g/mol. The van der Waals surface area contributed by atoms with E-state index in [-0.39, 0.29) is 0 Å². The van der Waals surface area contributed by atoms with E-state index in [9.17, 15) is 5.11 Å². The van der Waals surface area contributed by atoms with E-state index in [4.69, 9.17) is 0 Å². The number of amidine groups is 1. The third kappa shape index (κ3) is 3.25. The van der Waals surface area contributed by atoms with Gasteiger partial charge in [-0.1, -0.05) is 36.8 Å². The van der Waals surface area contributed by atoms with E-state index < -0.39 is 5.72 Å². The van der Waals surface area contributed by atoms with Crippen molar-refractivity contribution in [3.8, 4) is 0 Å². The van der Waals surface area contributed by atoms with E-state index in [2.05, 4.69) is 42.4 Å². The highest BCUT2D eigenvalue weighted by Crippen LogP contribution is 2.31. The summed E-state index contributed by atoms with van der Waals surface area (Å²) in [7, 11) is 0. The van der Waals surface area contributed by atoms with Crippen LogP contribution in [0.5, 0.6) is 0 Å². The van der Waals surface area contributed by atoms with Crippen LogP contribution >= 0.6 is 0 Å². The lowest BCUT2D eigenvalue weighted by Gasteiger charge is -2.29. The molecule has 0 bridgehead atoms. The van der Waals surface area contributed by atoms with Crippen molar-refractivity contribution in [2.45, 2.75) is 52.2 Å². The van der Waals surface area contributed by atoms with Gasteiger partial charge in [0.15, 0.2) is 5.72 Å². The third-order valence-electron chi connectivity index (χ3n) is 4.75. The number of aliphatic imine (C=N–C) groups is 1. The number of aliphatic hydroxyl groups is 1. The normalized spacial score (nSPS) is 18.2. The van der Waals surface area contributed by atoms with Crippen LogP contribution < -0.4 is 5.32 Å². The fourth-order valence-corrected chi connectivity index (χ4v) is 3.46. The molecule has 0 saturated carbocycles. The van der Waals surface area contributed by atoms with Gasteiger partial charge in [0, 0.05) is 18.5 Å². The van der Waals surface area contributed by atoms with Crippen molar-refractivity contribution < 1.29 is 5.11 Å². The highest BCUT2D eigenvalue weighted by atomic mass is 16.3. The lowest BCUT2D eigenvalue weighted by Crippen LogP contribution is -2.43. The van der Waals surface area contributed by atoms with Crippen molar-refractivity contribution in [2.75, 3.05) is 6.54 Å². The average Bonchev–Trinajstić information content (AvgIpc) is 2.79. The van der Waals surface area contributed by atoms with Crippen LogP contribution in [0.15, 0.2) is 35.3 Å². The predicted molar refractivity (Wildman–Crippen MR) is 96.9 cm³/mol. The highest BCUT2D eigenvalue weighted by Gasteiger charge is 2.27. The van der Waals surface area contributed by atoms with Crippen LogP contribution in [0.3, 0.4) is 0 Å². The van der Waals surface area contributed by atoms with Gasteiger partial charge in [0.2, 0.25) is 0 Å². The molecule has 3 rings (SSSR count). The van der Waals surface area contributed by atoms with E-state index in [1.54, 1.807) is 0 Å². The van der Waals surface area contributed by atoms with Crippen LogP contribution in [-0.2, 0) is 5.72 Å². The molecule has 1 aliphatic rings. The second-order valence-corrected chi connectivity index (χ2v) is 6.76. The van der Waals surface area contributed by atoms with Crippen molar-refractivity contribution in [1.82, 2.24) is 5.32 Å². The van der Waals surface area contributed by atoms with E-state index in [1.165, 1.54) is 22.9 Å². The SMILES string of the molecule is Cc1ccc(C)c2c(C(C)(O)NC3=NCCCCC3)cccc12. The van der Waals surface area contributed by atoms with Gasteiger partial charge < -0.3 is 10.4 Å². The molecular formula is C20H26N2O. The predicted octanol–water partition coefficient (Wildman–Crippen LogP) is 4.18. The minimum Gasteiger partial charge on any atom is -0.367 e. The van der Waals surface area contributed by atoms with Gasteiger partial charge in [-0.2, -0.15) is 0 Å². The number of hydrogen-bond donors (Lipinski definition) is 2. The van der Waals surface area contributed by atoms with Crippen molar-refractivity contribution in [3.63, 3.8) is 0 Å². The van der Waals surface area contributed by atoms with Crippen molar-refractivity contribution in [3.05, 3.63) is 47.0 Å². The summed E-state index contributed by atoms with van der Waals surface area (Å²) in [4.78, 5) is 4.60. The third-order valence-corrected chi connectivity index (χ3v) is 4.75. The average molecular weight is 310 g/mol. The Hall–Kier alpha value is -1.87. The fraction of sp³-hybridized carbons (Fsp3) is 0.450. The van der Waals surface area contributed by atoms with Gasteiger partial charge >= 0.3 is 0 Å². The van der Waals surface area contributed by atoms with Crippen molar-refractivity contribution in [1.29, 1.82) is 0 Å². The van der Waals surface area contributed by atoms with Crippen molar-refractivity contribution in [2.24, 2.45) is 4.99 Å². The molecule has 2 aromatic carbocycles. The Bertz CT molecular complexity index is 747. The van der Waals surface area contributed by atoms with Gasteiger partial charge in [0.05, 0.1) is 5.84 Å². The van der Waals surface area contributed by atoms with E-state index in [1.807, 2.05) is 19.1 Å². The molecule has 2 aromatic rings. The van der Waals surface area contributed by atoms with Crippen LogP contribution in [0.1, 0.15) is 49.3 Å². The molecule has 0 fully saturated rings. The Labute approximate surface area is 138 Å². The summed E-state index contributed by atoms with van der Waals surface area (Å²) >= 11 is 0. The van der Waals surface area contributed by atoms with Gasteiger partial charge in [-0.05, 0) is 55.5 Å². The van der Waals surface area contributed by atoms with Crippen LogP contribution in [0.2, 0.25) is 0 Å². The Balaban J connectivity index is 2.04. The summed E-state index contributed by atoms with van der Waals surface area (Å²) < 4.78 is 0. The molecule has 1 heterocycles. The zero-order chi connectivity index (χ0) is 16.4. The topological polar surface area (TPSA) is 44.6 Å². The summed E-state index contributed by atoms with van der Waals surface area (Å²) in [5.74, 6) is 0.926. The molecule has 2 N–H and O–H groups in total. The first kappa shape index (κ1) is 16.0. The maximum atomic E-state index is 11.2. The van der Waals surface area contributed by atoms with E-state index in [0.29, 0.717) is 0 Å². The van der Waals surface area contributed by atoms with Gasteiger partial charge in [0.1, 0.15) is 0 Å². The molecule has 23 heavy (non-hydrogen) atoms. The molecule has 1 unspecified atom stereocenters. The summed E-state index contributed by atoms with van der Waals surface area (Å²) in [6.07, 6.45) is 4.40.